The number of hydrogen-bond acceptors (Lipinski definition) is 4. The van der Waals surface area contributed by atoms with Crippen LogP contribution in [-0.2, 0) is 0 Å². The lowest BCUT2D eigenvalue weighted by Gasteiger charge is -2.40. The standard InChI is InChI=1S/C14H16Cl2N4O/c1-14(2,9-17)20-5-3-19(4-6-20)13(21)10-7-11(15)18-12(16)8-10/h7-8H,3-6H2,1-2H3. The average Bonchev–Trinajstić information content (AvgIpc) is 2.45. The number of rotatable bonds is 2. The molecule has 0 aliphatic carbocycles. The molecule has 0 atom stereocenters. The third kappa shape index (κ3) is 3.65. The molecule has 0 saturated carbocycles. The quantitative estimate of drug-likeness (QED) is 0.783. The van der Waals surface area contributed by atoms with Gasteiger partial charge in [0.1, 0.15) is 15.8 Å². The van der Waals surface area contributed by atoms with E-state index in [1.54, 1.807) is 4.90 Å². The van der Waals surface area contributed by atoms with Crippen LogP contribution >= 0.6 is 23.2 Å². The number of piperazine rings is 1. The van der Waals surface area contributed by atoms with E-state index in [2.05, 4.69) is 16.0 Å². The molecule has 112 valence electrons. The molecular formula is C14H16Cl2N4O. The Morgan fingerprint density at radius 3 is 2.24 bits per heavy atom. The molecule has 1 aliphatic heterocycles. The summed E-state index contributed by atoms with van der Waals surface area (Å²) >= 11 is 11.6. The summed E-state index contributed by atoms with van der Waals surface area (Å²) in [4.78, 5) is 20.1. The minimum Gasteiger partial charge on any atom is -0.336 e. The van der Waals surface area contributed by atoms with Crippen LogP contribution in [0.4, 0.5) is 0 Å². The van der Waals surface area contributed by atoms with Crippen molar-refractivity contribution in [1.29, 1.82) is 5.26 Å². The number of carbonyl (C=O) groups excluding carboxylic acids is 1. The van der Waals surface area contributed by atoms with E-state index in [9.17, 15) is 4.79 Å². The summed E-state index contributed by atoms with van der Waals surface area (Å²) in [6.45, 7) is 6.24. The molecule has 2 rings (SSSR count). The first-order chi connectivity index (χ1) is 9.83. The Bertz CT molecular complexity index is 569. The van der Waals surface area contributed by atoms with E-state index in [1.807, 2.05) is 13.8 Å². The minimum absolute atomic E-state index is 0.115. The van der Waals surface area contributed by atoms with Crippen molar-refractivity contribution < 1.29 is 4.79 Å². The SMILES string of the molecule is CC(C)(C#N)N1CCN(C(=O)c2cc(Cl)nc(Cl)c2)CC1. The van der Waals surface area contributed by atoms with Crippen molar-refractivity contribution in [3.63, 3.8) is 0 Å². The van der Waals surface area contributed by atoms with Crippen molar-refractivity contribution in [3.8, 4) is 6.07 Å². The maximum atomic E-state index is 12.4. The predicted molar refractivity (Wildman–Crippen MR) is 81.4 cm³/mol. The summed E-state index contributed by atoms with van der Waals surface area (Å²) in [6.07, 6.45) is 0. The van der Waals surface area contributed by atoms with Gasteiger partial charge < -0.3 is 4.90 Å². The van der Waals surface area contributed by atoms with Gasteiger partial charge in [0.2, 0.25) is 0 Å². The van der Waals surface area contributed by atoms with Crippen LogP contribution in [0.25, 0.3) is 0 Å². The highest BCUT2D eigenvalue weighted by atomic mass is 35.5. The number of aromatic nitrogens is 1. The Kier molecular flexibility index (Phi) is 4.72. The van der Waals surface area contributed by atoms with E-state index >= 15 is 0 Å². The van der Waals surface area contributed by atoms with E-state index in [0.717, 1.165) is 0 Å². The molecular weight excluding hydrogens is 311 g/mol. The summed E-state index contributed by atoms with van der Waals surface area (Å²) in [6, 6.07) is 5.31. The van der Waals surface area contributed by atoms with Gasteiger partial charge in [-0.3, -0.25) is 9.69 Å². The fourth-order valence-electron chi connectivity index (χ4n) is 2.31. The zero-order valence-electron chi connectivity index (χ0n) is 11.9. The number of hydrogen-bond donors (Lipinski definition) is 0. The van der Waals surface area contributed by atoms with Gasteiger partial charge >= 0.3 is 0 Å². The molecule has 1 fully saturated rings. The van der Waals surface area contributed by atoms with Gasteiger partial charge in [-0.1, -0.05) is 23.2 Å². The third-order valence-corrected chi connectivity index (χ3v) is 4.03. The number of nitriles is 1. The van der Waals surface area contributed by atoms with Gasteiger partial charge in [-0.2, -0.15) is 5.26 Å². The second-order valence-electron chi connectivity index (χ2n) is 5.45. The summed E-state index contributed by atoms with van der Waals surface area (Å²) in [5, 5.41) is 9.56. The van der Waals surface area contributed by atoms with Gasteiger partial charge in [0.25, 0.3) is 5.91 Å². The van der Waals surface area contributed by atoms with E-state index in [4.69, 9.17) is 28.5 Å². The van der Waals surface area contributed by atoms with Crippen LogP contribution < -0.4 is 0 Å². The van der Waals surface area contributed by atoms with Gasteiger partial charge in [-0.15, -0.1) is 0 Å². The fourth-order valence-corrected chi connectivity index (χ4v) is 2.77. The van der Waals surface area contributed by atoms with E-state index in [1.165, 1.54) is 12.1 Å². The molecule has 0 spiro atoms. The van der Waals surface area contributed by atoms with Gasteiger partial charge in [0.15, 0.2) is 0 Å². The van der Waals surface area contributed by atoms with Crippen LogP contribution in [0.3, 0.4) is 0 Å². The maximum Gasteiger partial charge on any atom is 0.254 e. The molecule has 0 aromatic carbocycles. The Hall–Kier alpha value is -1.35. The molecule has 1 amide bonds. The molecule has 1 saturated heterocycles. The zero-order valence-corrected chi connectivity index (χ0v) is 13.4. The molecule has 21 heavy (non-hydrogen) atoms. The largest absolute Gasteiger partial charge is 0.336 e. The molecule has 7 heteroatoms. The third-order valence-electron chi connectivity index (χ3n) is 3.64. The highest BCUT2D eigenvalue weighted by Gasteiger charge is 2.31. The Balaban J connectivity index is 2.05. The van der Waals surface area contributed by atoms with Crippen molar-refractivity contribution in [2.45, 2.75) is 19.4 Å². The second-order valence-corrected chi connectivity index (χ2v) is 6.23. The van der Waals surface area contributed by atoms with E-state index < -0.39 is 5.54 Å². The monoisotopic (exact) mass is 326 g/mol. The van der Waals surface area contributed by atoms with Crippen LogP contribution in [0.15, 0.2) is 12.1 Å². The van der Waals surface area contributed by atoms with Gasteiger partial charge in [0.05, 0.1) is 6.07 Å². The number of amides is 1. The Labute approximate surface area is 134 Å². The summed E-state index contributed by atoms with van der Waals surface area (Å²) in [7, 11) is 0. The average molecular weight is 327 g/mol. The molecule has 5 nitrogen and oxygen atoms in total. The zero-order chi connectivity index (χ0) is 15.6. The number of carbonyl (C=O) groups is 1. The predicted octanol–water partition coefficient (Wildman–Crippen LogP) is 2.45. The molecule has 1 aromatic rings. The van der Waals surface area contributed by atoms with Crippen molar-refractivity contribution in [2.75, 3.05) is 26.2 Å². The summed E-state index contributed by atoms with van der Waals surface area (Å²) < 4.78 is 0. The van der Waals surface area contributed by atoms with Crippen LogP contribution in [0.5, 0.6) is 0 Å². The topological polar surface area (TPSA) is 60.2 Å². The molecule has 0 bridgehead atoms. The summed E-state index contributed by atoms with van der Waals surface area (Å²) in [5.74, 6) is -0.115. The molecule has 0 unspecified atom stereocenters. The highest BCUT2D eigenvalue weighted by molar-refractivity contribution is 6.33. The van der Waals surface area contributed by atoms with Crippen molar-refractivity contribution in [2.24, 2.45) is 0 Å². The normalized spacial score (nSPS) is 16.6. The molecule has 1 aliphatic rings. The number of pyridine rings is 1. The highest BCUT2D eigenvalue weighted by Crippen LogP contribution is 2.19. The van der Waals surface area contributed by atoms with Crippen LogP contribution in [0.1, 0.15) is 24.2 Å². The molecule has 0 radical (unpaired) electrons. The maximum absolute atomic E-state index is 12.4. The lowest BCUT2D eigenvalue weighted by molar-refractivity contribution is 0.0521. The Morgan fingerprint density at radius 1 is 1.24 bits per heavy atom. The van der Waals surface area contributed by atoms with Crippen molar-refractivity contribution >= 4 is 29.1 Å². The molecule has 2 heterocycles. The van der Waals surface area contributed by atoms with Gasteiger partial charge in [-0.05, 0) is 26.0 Å². The molecule has 0 N–H and O–H groups in total. The Morgan fingerprint density at radius 2 is 1.76 bits per heavy atom. The van der Waals surface area contributed by atoms with Crippen molar-refractivity contribution in [3.05, 3.63) is 28.0 Å². The second kappa shape index (κ2) is 6.18. The first-order valence-electron chi connectivity index (χ1n) is 6.62. The van der Waals surface area contributed by atoms with Crippen LogP contribution in [0.2, 0.25) is 10.3 Å². The first kappa shape index (κ1) is 16.0. The lowest BCUT2D eigenvalue weighted by atomic mass is 10.0. The lowest BCUT2D eigenvalue weighted by Crippen LogP contribution is -2.55. The fraction of sp³-hybridized carbons (Fsp3) is 0.500. The van der Waals surface area contributed by atoms with E-state index in [-0.39, 0.29) is 16.2 Å². The smallest absolute Gasteiger partial charge is 0.254 e. The van der Waals surface area contributed by atoms with Gasteiger partial charge in [-0.25, -0.2) is 4.98 Å². The number of halogens is 2. The van der Waals surface area contributed by atoms with Gasteiger partial charge in [0, 0.05) is 31.7 Å². The van der Waals surface area contributed by atoms with Crippen molar-refractivity contribution in [1.82, 2.24) is 14.8 Å². The van der Waals surface area contributed by atoms with Crippen LogP contribution in [-0.4, -0.2) is 52.4 Å². The summed E-state index contributed by atoms with van der Waals surface area (Å²) in [5.41, 5.74) is -0.0775. The van der Waals surface area contributed by atoms with E-state index in [0.29, 0.717) is 31.7 Å². The molecule has 1 aromatic heterocycles. The first-order valence-corrected chi connectivity index (χ1v) is 7.38. The van der Waals surface area contributed by atoms with Crippen LogP contribution in [0, 0.1) is 11.3 Å². The minimum atomic E-state index is -0.515. The number of nitrogens with zero attached hydrogens (tertiary/aromatic N) is 4.